The molecule has 0 aliphatic carbocycles. The second-order valence-corrected chi connectivity index (χ2v) is 18.0. The van der Waals surface area contributed by atoms with Gasteiger partial charge in [-0.1, -0.05) is 97.2 Å². The number of hydrogen-bond acceptors (Lipinski definition) is 0. The van der Waals surface area contributed by atoms with Gasteiger partial charge in [-0.25, -0.2) is 20.1 Å². The predicted octanol–water partition coefficient (Wildman–Crippen LogP) is 10.3. The average Bonchev–Trinajstić information content (AvgIpc) is 2.95. The molecule has 3 rings (SSSR count). The summed E-state index contributed by atoms with van der Waals surface area (Å²) < 4.78 is 0. The van der Waals surface area contributed by atoms with E-state index in [1.165, 1.54) is 55.4 Å². The standard InChI is InChI=1S/C34H46S2/c1-9-35(10-2,11-3)33-22-18-29(19-23-33)27(7)31-16-15-17-32(26-31)28(8)30-20-24-34(25-21-30)36(12-4,13-5)14-6/h15-26H,7-14H2,1-6H3. The molecule has 2 heteroatoms. The quantitative estimate of drug-likeness (QED) is 0.224. The Labute approximate surface area is 224 Å². The monoisotopic (exact) mass is 518 g/mol. The van der Waals surface area contributed by atoms with Crippen LogP contribution in [-0.4, -0.2) is 34.5 Å². The zero-order valence-electron chi connectivity index (χ0n) is 23.4. The molecule has 0 saturated heterocycles. The minimum atomic E-state index is -0.702. The summed E-state index contributed by atoms with van der Waals surface area (Å²) in [5, 5.41) is 0. The van der Waals surface area contributed by atoms with Crippen molar-refractivity contribution in [1.29, 1.82) is 0 Å². The lowest BCUT2D eigenvalue weighted by Crippen LogP contribution is -2.09. The van der Waals surface area contributed by atoms with Crippen molar-refractivity contribution in [3.05, 3.63) is 108 Å². The first kappa shape index (κ1) is 28.4. The van der Waals surface area contributed by atoms with Crippen LogP contribution in [0, 0.1) is 0 Å². The molecule has 194 valence electrons. The second-order valence-electron chi connectivity index (χ2n) is 9.41. The van der Waals surface area contributed by atoms with Gasteiger partial charge in [-0.2, -0.15) is 0 Å². The summed E-state index contributed by atoms with van der Waals surface area (Å²) in [6.45, 7) is 23.0. The highest BCUT2D eigenvalue weighted by atomic mass is 32.3. The lowest BCUT2D eigenvalue weighted by atomic mass is 9.94. The van der Waals surface area contributed by atoms with Crippen LogP contribution in [0.25, 0.3) is 11.1 Å². The first-order chi connectivity index (χ1) is 17.3. The van der Waals surface area contributed by atoms with Gasteiger partial charge in [-0.15, -0.1) is 0 Å². The molecular weight excluding hydrogens is 473 g/mol. The van der Waals surface area contributed by atoms with Crippen LogP contribution in [0.5, 0.6) is 0 Å². The molecule has 0 aliphatic rings. The van der Waals surface area contributed by atoms with Crippen LogP contribution in [0.15, 0.2) is 95.7 Å². The molecular formula is C34H46S2. The van der Waals surface area contributed by atoms with Crippen molar-refractivity contribution >= 4 is 31.2 Å². The van der Waals surface area contributed by atoms with Gasteiger partial charge < -0.3 is 0 Å². The van der Waals surface area contributed by atoms with E-state index in [0.717, 1.165) is 22.3 Å². The van der Waals surface area contributed by atoms with E-state index >= 15 is 0 Å². The van der Waals surface area contributed by atoms with E-state index in [1.807, 2.05) is 0 Å². The minimum Gasteiger partial charge on any atom is -0.215 e. The first-order valence-electron chi connectivity index (χ1n) is 13.6. The molecule has 0 N–H and O–H groups in total. The third-order valence-corrected chi connectivity index (χ3v) is 17.5. The van der Waals surface area contributed by atoms with Crippen molar-refractivity contribution in [3.8, 4) is 0 Å². The van der Waals surface area contributed by atoms with Gasteiger partial charge in [0.05, 0.1) is 0 Å². The fourth-order valence-electron chi connectivity index (χ4n) is 5.34. The van der Waals surface area contributed by atoms with Gasteiger partial charge in [0.2, 0.25) is 0 Å². The number of hydrogen-bond donors (Lipinski definition) is 0. The van der Waals surface area contributed by atoms with Gasteiger partial charge in [-0.05, 0) is 108 Å². The Hall–Kier alpha value is -2.16. The Morgan fingerprint density at radius 3 is 1.06 bits per heavy atom. The largest absolute Gasteiger partial charge is 0.215 e. The zero-order chi connectivity index (χ0) is 26.3. The zero-order valence-corrected chi connectivity index (χ0v) is 25.0. The van der Waals surface area contributed by atoms with Crippen molar-refractivity contribution in [2.75, 3.05) is 34.5 Å². The van der Waals surface area contributed by atoms with Gasteiger partial charge in [0.15, 0.2) is 0 Å². The Balaban J connectivity index is 1.84. The topological polar surface area (TPSA) is 0 Å². The lowest BCUT2D eigenvalue weighted by Gasteiger charge is -2.38. The molecule has 0 atom stereocenters. The van der Waals surface area contributed by atoms with Gasteiger partial charge in [0.25, 0.3) is 0 Å². The van der Waals surface area contributed by atoms with Crippen molar-refractivity contribution in [2.24, 2.45) is 0 Å². The highest BCUT2D eigenvalue weighted by molar-refractivity contribution is 8.34. The van der Waals surface area contributed by atoms with Crippen LogP contribution >= 0.6 is 20.1 Å². The van der Waals surface area contributed by atoms with Crippen LogP contribution in [-0.2, 0) is 0 Å². The van der Waals surface area contributed by atoms with E-state index in [-0.39, 0.29) is 0 Å². The summed E-state index contributed by atoms with van der Waals surface area (Å²) in [4.78, 5) is 3.05. The molecule has 0 saturated carbocycles. The van der Waals surface area contributed by atoms with E-state index in [0.29, 0.717) is 0 Å². The summed E-state index contributed by atoms with van der Waals surface area (Å²) >= 11 is 0. The van der Waals surface area contributed by atoms with Crippen molar-refractivity contribution in [3.63, 3.8) is 0 Å². The highest BCUT2D eigenvalue weighted by Crippen LogP contribution is 2.55. The highest BCUT2D eigenvalue weighted by Gasteiger charge is 2.21. The maximum Gasteiger partial charge on any atom is -0.00989 e. The summed E-state index contributed by atoms with van der Waals surface area (Å²) in [6, 6.07) is 27.2. The van der Waals surface area contributed by atoms with Crippen molar-refractivity contribution in [2.45, 2.75) is 51.3 Å². The number of benzene rings is 3. The number of rotatable bonds is 12. The molecule has 0 nitrogen and oxygen atoms in total. The van der Waals surface area contributed by atoms with E-state index < -0.39 is 20.1 Å². The predicted molar refractivity (Wildman–Crippen MR) is 171 cm³/mol. The minimum absolute atomic E-state index is 0.702. The summed E-state index contributed by atoms with van der Waals surface area (Å²) in [7, 11) is -1.40. The molecule has 36 heavy (non-hydrogen) atoms. The van der Waals surface area contributed by atoms with Crippen LogP contribution in [0.3, 0.4) is 0 Å². The van der Waals surface area contributed by atoms with Crippen molar-refractivity contribution in [1.82, 2.24) is 0 Å². The Morgan fingerprint density at radius 2 is 0.778 bits per heavy atom. The summed E-state index contributed by atoms with van der Waals surface area (Å²) in [5.74, 6) is 7.52. The molecule has 3 aromatic rings. The van der Waals surface area contributed by atoms with Gasteiger partial charge in [0.1, 0.15) is 0 Å². The Kier molecular flexibility index (Phi) is 9.78. The van der Waals surface area contributed by atoms with E-state index in [9.17, 15) is 0 Å². The van der Waals surface area contributed by atoms with E-state index in [1.54, 1.807) is 0 Å². The van der Waals surface area contributed by atoms with Crippen LogP contribution in [0.1, 0.15) is 63.8 Å². The average molecular weight is 519 g/mol. The molecule has 0 fully saturated rings. The smallest absolute Gasteiger partial charge is 0.00989 e. The van der Waals surface area contributed by atoms with Gasteiger partial charge in [-0.3, -0.25) is 0 Å². The molecule has 0 aliphatic heterocycles. The maximum absolute atomic E-state index is 4.47. The molecule has 3 aromatic carbocycles. The molecule has 0 spiro atoms. The molecule has 0 aromatic heterocycles. The van der Waals surface area contributed by atoms with Crippen LogP contribution in [0.4, 0.5) is 0 Å². The van der Waals surface area contributed by atoms with E-state index in [4.69, 9.17) is 0 Å². The third-order valence-electron chi connectivity index (χ3n) is 8.28. The van der Waals surface area contributed by atoms with Crippen molar-refractivity contribution < 1.29 is 0 Å². The van der Waals surface area contributed by atoms with Gasteiger partial charge in [0, 0.05) is 0 Å². The normalized spacial score (nSPS) is 12.8. The molecule has 0 radical (unpaired) electrons. The summed E-state index contributed by atoms with van der Waals surface area (Å²) in [5.41, 5.74) is 6.84. The molecule has 0 amide bonds. The lowest BCUT2D eigenvalue weighted by molar-refractivity contribution is 1.27. The SMILES string of the molecule is C=C(c1ccc(S(CC)(CC)CC)cc1)c1cccc(C(=C)c2ccc(S(CC)(CC)CC)cc2)c1. The Morgan fingerprint density at radius 1 is 0.472 bits per heavy atom. The van der Waals surface area contributed by atoms with Gasteiger partial charge >= 0.3 is 0 Å². The fraction of sp³-hybridized carbons (Fsp3) is 0.353. The van der Waals surface area contributed by atoms with E-state index in [2.05, 4.69) is 127 Å². The first-order valence-corrected chi connectivity index (χ1v) is 17.8. The summed E-state index contributed by atoms with van der Waals surface area (Å²) in [6.07, 6.45) is 0. The maximum atomic E-state index is 4.47. The molecule has 0 heterocycles. The second kappa shape index (κ2) is 12.4. The molecule has 0 unspecified atom stereocenters. The van der Waals surface area contributed by atoms with Crippen LogP contribution < -0.4 is 0 Å². The third kappa shape index (κ3) is 5.55. The fourth-order valence-corrected chi connectivity index (χ4v) is 11.2. The Bertz CT molecular complexity index is 1050. The molecule has 0 bridgehead atoms. The van der Waals surface area contributed by atoms with Crippen LogP contribution in [0.2, 0.25) is 0 Å².